The summed E-state index contributed by atoms with van der Waals surface area (Å²) in [6.07, 6.45) is 1.68. The first-order chi connectivity index (χ1) is 15.3. The zero-order chi connectivity index (χ0) is 24.8. The number of hydrogen-bond acceptors (Lipinski definition) is 4. The number of carbonyl (C=O) groups excluding carboxylic acids is 2. The first-order valence-electron chi connectivity index (χ1n) is 11.3. The number of unbranched alkanes of at least 4 members (excludes halogenated alkanes) is 1. The lowest BCUT2D eigenvalue weighted by molar-refractivity contribution is -0.116. The third kappa shape index (κ3) is 7.35. The predicted octanol–water partition coefficient (Wildman–Crippen LogP) is 5.08. The summed E-state index contributed by atoms with van der Waals surface area (Å²) in [6, 6.07) is 10.2. The number of rotatable bonds is 7. The van der Waals surface area contributed by atoms with Gasteiger partial charge >= 0.3 is 6.03 Å². The standard InChI is InChI=1S/C25H36N6O2/c1-8-9-14-30(23(33)27-19-12-10-18(16-26)11-13-19)17-22(32)28-21-15-20(24(2,3)4)29-31(21)25(5,6)7/h10-13,15H,8-9,14,17H2,1-7H3,(H,27,33)(H,28,32). The van der Waals surface area contributed by atoms with Crippen molar-refractivity contribution in [2.75, 3.05) is 23.7 Å². The van der Waals surface area contributed by atoms with Crippen LogP contribution in [-0.4, -0.2) is 39.7 Å². The van der Waals surface area contributed by atoms with Gasteiger partial charge in [0.1, 0.15) is 12.4 Å². The van der Waals surface area contributed by atoms with E-state index in [1.807, 2.05) is 38.4 Å². The number of aromatic nitrogens is 2. The monoisotopic (exact) mass is 452 g/mol. The van der Waals surface area contributed by atoms with E-state index < -0.39 is 0 Å². The molecule has 1 aromatic heterocycles. The Morgan fingerprint density at radius 3 is 2.24 bits per heavy atom. The fourth-order valence-electron chi connectivity index (χ4n) is 3.14. The molecule has 0 saturated heterocycles. The Hall–Kier alpha value is -3.34. The minimum absolute atomic E-state index is 0.0811. The second kappa shape index (κ2) is 10.5. The lowest BCUT2D eigenvalue weighted by Crippen LogP contribution is -2.41. The van der Waals surface area contributed by atoms with E-state index in [9.17, 15) is 9.59 Å². The van der Waals surface area contributed by atoms with Crippen molar-refractivity contribution < 1.29 is 9.59 Å². The van der Waals surface area contributed by atoms with Crippen molar-refractivity contribution in [2.24, 2.45) is 0 Å². The molecular weight excluding hydrogens is 416 g/mol. The maximum absolute atomic E-state index is 13.0. The van der Waals surface area contributed by atoms with Crippen LogP contribution in [0.5, 0.6) is 0 Å². The summed E-state index contributed by atoms with van der Waals surface area (Å²) < 4.78 is 1.82. The number of nitriles is 1. The summed E-state index contributed by atoms with van der Waals surface area (Å²) in [4.78, 5) is 27.3. The van der Waals surface area contributed by atoms with Gasteiger partial charge in [-0.3, -0.25) is 4.79 Å². The van der Waals surface area contributed by atoms with Gasteiger partial charge in [-0.15, -0.1) is 0 Å². The molecule has 2 aromatic rings. The Kier molecular flexibility index (Phi) is 8.26. The van der Waals surface area contributed by atoms with Gasteiger partial charge in [0.05, 0.1) is 22.9 Å². The van der Waals surface area contributed by atoms with Crippen molar-refractivity contribution in [3.63, 3.8) is 0 Å². The highest BCUT2D eigenvalue weighted by atomic mass is 16.2. The van der Waals surface area contributed by atoms with Crippen LogP contribution in [0.3, 0.4) is 0 Å². The van der Waals surface area contributed by atoms with E-state index >= 15 is 0 Å². The Morgan fingerprint density at radius 1 is 1.09 bits per heavy atom. The molecule has 33 heavy (non-hydrogen) atoms. The average molecular weight is 453 g/mol. The first-order valence-corrected chi connectivity index (χ1v) is 11.3. The van der Waals surface area contributed by atoms with Gasteiger partial charge in [0.15, 0.2) is 0 Å². The molecule has 1 aromatic carbocycles. The molecule has 2 rings (SSSR count). The Morgan fingerprint density at radius 2 is 1.73 bits per heavy atom. The SMILES string of the molecule is CCCCN(CC(=O)Nc1cc(C(C)(C)C)nn1C(C)(C)C)C(=O)Nc1ccc(C#N)cc1. The van der Waals surface area contributed by atoms with Crippen LogP contribution in [0.25, 0.3) is 0 Å². The van der Waals surface area contributed by atoms with E-state index in [-0.39, 0.29) is 29.4 Å². The average Bonchev–Trinajstić information content (AvgIpc) is 3.16. The maximum atomic E-state index is 13.0. The van der Waals surface area contributed by atoms with Crippen LogP contribution in [-0.2, 0) is 15.7 Å². The number of amides is 3. The second-order valence-electron chi connectivity index (χ2n) is 10.2. The molecule has 0 bridgehead atoms. The summed E-state index contributed by atoms with van der Waals surface area (Å²) >= 11 is 0. The summed E-state index contributed by atoms with van der Waals surface area (Å²) in [7, 11) is 0. The van der Waals surface area contributed by atoms with E-state index in [1.165, 1.54) is 4.90 Å². The zero-order valence-corrected chi connectivity index (χ0v) is 20.8. The van der Waals surface area contributed by atoms with Gasteiger partial charge < -0.3 is 15.5 Å². The van der Waals surface area contributed by atoms with Crippen molar-refractivity contribution in [3.8, 4) is 6.07 Å². The Balaban J connectivity index is 2.17. The van der Waals surface area contributed by atoms with Crippen LogP contribution in [0, 0.1) is 11.3 Å². The fourth-order valence-corrected chi connectivity index (χ4v) is 3.14. The number of benzene rings is 1. The highest BCUT2D eigenvalue weighted by molar-refractivity contribution is 5.96. The molecular formula is C25H36N6O2. The van der Waals surface area contributed by atoms with Crippen LogP contribution < -0.4 is 10.6 Å². The Bertz CT molecular complexity index is 1000. The van der Waals surface area contributed by atoms with Crippen LogP contribution in [0.4, 0.5) is 16.3 Å². The summed E-state index contributed by atoms with van der Waals surface area (Å²) in [5.74, 6) is 0.326. The number of nitrogens with zero attached hydrogens (tertiary/aromatic N) is 4. The molecule has 0 atom stereocenters. The molecule has 8 heteroatoms. The molecule has 2 N–H and O–H groups in total. The molecule has 0 aliphatic rings. The third-order valence-electron chi connectivity index (χ3n) is 5.05. The van der Waals surface area contributed by atoms with Gasteiger partial charge in [-0.05, 0) is 51.5 Å². The molecule has 0 spiro atoms. The van der Waals surface area contributed by atoms with Gasteiger partial charge in [0, 0.05) is 23.7 Å². The predicted molar refractivity (Wildman–Crippen MR) is 131 cm³/mol. The van der Waals surface area contributed by atoms with Crippen LogP contribution in [0.15, 0.2) is 30.3 Å². The van der Waals surface area contributed by atoms with Crippen molar-refractivity contribution in [1.29, 1.82) is 5.26 Å². The van der Waals surface area contributed by atoms with E-state index in [0.717, 1.165) is 18.5 Å². The topological polar surface area (TPSA) is 103 Å². The minimum Gasteiger partial charge on any atom is -0.315 e. The summed E-state index contributed by atoms with van der Waals surface area (Å²) in [5.41, 5.74) is 1.49. The van der Waals surface area contributed by atoms with Gasteiger partial charge in [0.2, 0.25) is 5.91 Å². The van der Waals surface area contributed by atoms with Crippen molar-refractivity contribution >= 4 is 23.4 Å². The van der Waals surface area contributed by atoms with E-state index in [4.69, 9.17) is 10.4 Å². The molecule has 0 fully saturated rings. The van der Waals surface area contributed by atoms with Crippen LogP contribution in [0.1, 0.15) is 72.6 Å². The highest BCUT2D eigenvalue weighted by Gasteiger charge is 2.26. The third-order valence-corrected chi connectivity index (χ3v) is 5.05. The molecule has 0 saturated carbocycles. The minimum atomic E-state index is -0.358. The summed E-state index contributed by atoms with van der Waals surface area (Å²) in [5, 5.41) is 19.4. The molecule has 0 aliphatic carbocycles. The molecule has 8 nitrogen and oxygen atoms in total. The maximum Gasteiger partial charge on any atom is 0.322 e. The lowest BCUT2D eigenvalue weighted by Gasteiger charge is -2.25. The quantitative estimate of drug-likeness (QED) is 0.611. The van der Waals surface area contributed by atoms with E-state index in [2.05, 4.69) is 37.5 Å². The van der Waals surface area contributed by atoms with Crippen molar-refractivity contribution in [1.82, 2.24) is 14.7 Å². The Labute approximate surface area is 197 Å². The van der Waals surface area contributed by atoms with Gasteiger partial charge in [-0.1, -0.05) is 34.1 Å². The van der Waals surface area contributed by atoms with Crippen molar-refractivity contribution in [3.05, 3.63) is 41.6 Å². The second-order valence-corrected chi connectivity index (χ2v) is 10.2. The molecule has 3 amide bonds. The highest BCUT2D eigenvalue weighted by Crippen LogP contribution is 2.28. The zero-order valence-electron chi connectivity index (χ0n) is 20.8. The molecule has 0 unspecified atom stereocenters. The normalized spacial score (nSPS) is 11.6. The lowest BCUT2D eigenvalue weighted by atomic mass is 9.92. The number of nitrogens with one attached hydrogen (secondary N) is 2. The largest absolute Gasteiger partial charge is 0.322 e. The van der Waals surface area contributed by atoms with E-state index in [0.29, 0.717) is 23.6 Å². The van der Waals surface area contributed by atoms with Gasteiger partial charge in [-0.2, -0.15) is 10.4 Å². The van der Waals surface area contributed by atoms with Gasteiger partial charge in [0.25, 0.3) is 0 Å². The number of anilines is 2. The van der Waals surface area contributed by atoms with Crippen molar-refractivity contribution in [2.45, 2.75) is 72.3 Å². The number of carbonyl (C=O) groups is 2. The smallest absolute Gasteiger partial charge is 0.315 e. The van der Waals surface area contributed by atoms with E-state index in [1.54, 1.807) is 24.3 Å². The molecule has 178 valence electrons. The molecule has 0 aliphatic heterocycles. The van der Waals surface area contributed by atoms with Gasteiger partial charge in [-0.25, -0.2) is 9.48 Å². The molecule has 1 heterocycles. The number of hydrogen-bond donors (Lipinski definition) is 2. The first kappa shape index (κ1) is 25.9. The van der Waals surface area contributed by atoms with Crippen LogP contribution >= 0.6 is 0 Å². The number of urea groups is 1. The fraction of sp³-hybridized carbons (Fsp3) is 0.520. The summed E-state index contributed by atoms with van der Waals surface area (Å²) in [6.45, 7) is 14.7. The molecule has 0 radical (unpaired) electrons. The van der Waals surface area contributed by atoms with Crippen LogP contribution in [0.2, 0.25) is 0 Å².